The largest absolute Gasteiger partial charge is 0.504 e. The van der Waals surface area contributed by atoms with Crippen molar-refractivity contribution in [3.63, 3.8) is 0 Å². The van der Waals surface area contributed by atoms with Crippen LogP contribution in [0.4, 0.5) is 0 Å². The van der Waals surface area contributed by atoms with Crippen LogP contribution in [0.3, 0.4) is 0 Å². The van der Waals surface area contributed by atoms with Gasteiger partial charge in [0.05, 0.1) is 0 Å². The van der Waals surface area contributed by atoms with E-state index in [-0.39, 0.29) is 29.4 Å². The minimum absolute atomic E-state index is 0.0856. The van der Waals surface area contributed by atoms with Crippen molar-refractivity contribution < 1.29 is 50.1 Å². The number of likely N-dealkylation sites (N-methyl/N-ethyl adjacent to an activating group) is 1. The molecule has 0 bridgehead atoms. The smallest absolute Gasteiger partial charge is 0.345 e. The summed E-state index contributed by atoms with van der Waals surface area (Å²) < 4.78 is 5.27. The average Bonchev–Trinajstić information content (AvgIpc) is 2.91. The molecule has 0 aliphatic heterocycles. The zero-order valence-corrected chi connectivity index (χ0v) is 21.4. The first-order chi connectivity index (χ1) is 19.0. The molecule has 0 heterocycles. The monoisotopic (exact) mass is 551 g/mol. The molecule has 0 saturated heterocycles. The number of phenols is 6. The fraction of sp³-hybridized carbons (Fsp3) is 0.172. The molecule has 0 radical (unpaired) electrons. The number of carbonyl (C=O) groups excluding carboxylic acids is 1. The second-order valence-electron chi connectivity index (χ2n) is 8.74. The van der Waals surface area contributed by atoms with Crippen LogP contribution in [0.15, 0.2) is 54.6 Å². The van der Waals surface area contributed by atoms with Crippen LogP contribution in [0.2, 0.25) is 0 Å². The molecule has 0 saturated carbocycles. The fourth-order valence-electron chi connectivity index (χ4n) is 3.83. The van der Waals surface area contributed by atoms with Crippen molar-refractivity contribution in [3.05, 3.63) is 76.9 Å². The van der Waals surface area contributed by atoms with Crippen LogP contribution in [0, 0.1) is 0 Å². The van der Waals surface area contributed by atoms with Crippen molar-refractivity contribution in [1.82, 2.24) is 5.32 Å². The maximum atomic E-state index is 12.7. The molecule has 3 aromatic carbocycles. The summed E-state index contributed by atoms with van der Waals surface area (Å²) in [6.45, 7) is 2.38. The van der Waals surface area contributed by atoms with Gasteiger partial charge >= 0.3 is 11.9 Å². The number of phenolic OH excluding ortho intramolecular Hbond substituents is 6. The Bertz CT molecular complexity index is 1450. The van der Waals surface area contributed by atoms with Crippen molar-refractivity contribution in [2.45, 2.75) is 18.9 Å². The summed E-state index contributed by atoms with van der Waals surface area (Å²) >= 11 is 0. The van der Waals surface area contributed by atoms with Gasteiger partial charge in [-0.25, -0.2) is 9.59 Å². The second kappa shape index (κ2) is 13.1. The zero-order chi connectivity index (χ0) is 29.4. The maximum Gasteiger partial charge on any atom is 0.345 e. The Hall–Kier alpha value is -5.16. The average molecular weight is 552 g/mol. The highest BCUT2D eigenvalue weighted by Crippen LogP contribution is 2.33. The maximum absolute atomic E-state index is 12.7. The molecule has 2 unspecified atom stereocenters. The molecule has 2 atom stereocenters. The van der Waals surface area contributed by atoms with Crippen LogP contribution in [-0.2, 0) is 14.3 Å². The first-order valence-corrected chi connectivity index (χ1v) is 12.1. The van der Waals surface area contributed by atoms with Gasteiger partial charge in [0.2, 0.25) is 6.10 Å². The van der Waals surface area contributed by atoms with Crippen LogP contribution < -0.4 is 5.32 Å². The van der Waals surface area contributed by atoms with E-state index in [9.17, 15) is 45.3 Å². The molecule has 11 heteroatoms. The molecule has 40 heavy (non-hydrogen) atoms. The summed E-state index contributed by atoms with van der Waals surface area (Å²) in [6, 6.07) is 10.4. The summed E-state index contributed by atoms with van der Waals surface area (Å²) in [5, 5.41) is 71.4. The van der Waals surface area contributed by atoms with Gasteiger partial charge in [0, 0.05) is 18.5 Å². The van der Waals surface area contributed by atoms with Crippen LogP contribution in [-0.4, -0.2) is 66.9 Å². The number of carboxylic acid groups (broad SMARTS) is 1. The van der Waals surface area contributed by atoms with Crippen LogP contribution in [0.25, 0.3) is 18.2 Å². The topological polar surface area (TPSA) is 197 Å². The lowest BCUT2D eigenvalue weighted by molar-refractivity contribution is -0.162. The van der Waals surface area contributed by atoms with E-state index in [4.69, 9.17) is 4.74 Å². The van der Waals surface area contributed by atoms with Gasteiger partial charge < -0.3 is 45.8 Å². The van der Waals surface area contributed by atoms with E-state index in [1.165, 1.54) is 60.7 Å². The summed E-state index contributed by atoms with van der Waals surface area (Å²) in [7, 11) is 0. The zero-order valence-electron chi connectivity index (χ0n) is 21.4. The molecule has 0 aliphatic carbocycles. The molecular formula is C29H29NO10. The van der Waals surface area contributed by atoms with Gasteiger partial charge in [-0.05, 0) is 71.3 Å². The number of nitrogens with one attached hydrogen (secondary N) is 1. The molecule has 3 aromatic rings. The Morgan fingerprint density at radius 3 is 1.93 bits per heavy atom. The third kappa shape index (κ3) is 7.45. The van der Waals surface area contributed by atoms with Crippen molar-refractivity contribution in [3.8, 4) is 34.5 Å². The molecule has 0 amide bonds. The van der Waals surface area contributed by atoms with Crippen molar-refractivity contribution >= 4 is 30.2 Å². The number of aromatic hydroxyl groups is 6. The highest BCUT2D eigenvalue weighted by atomic mass is 16.6. The highest BCUT2D eigenvalue weighted by Gasteiger charge is 2.33. The van der Waals surface area contributed by atoms with E-state index in [2.05, 4.69) is 5.32 Å². The van der Waals surface area contributed by atoms with E-state index in [1.807, 2.05) is 0 Å². The number of benzene rings is 3. The second-order valence-corrected chi connectivity index (χ2v) is 8.74. The lowest BCUT2D eigenvalue weighted by atomic mass is 9.92. The lowest BCUT2D eigenvalue weighted by Crippen LogP contribution is -2.38. The van der Waals surface area contributed by atoms with Crippen molar-refractivity contribution in [2.24, 2.45) is 0 Å². The van der Waals surface area contributed by atoms with Crippen LogP contribution in [0.5, 0.6) is 34.5 Å². The van der Waals surface area contributed by atoms with Gasteiger partial charge in [0.25, 0.3) is 0 Å². The van der Waals surface area contributed by atoms with Gasteiger partial charge in [-0.2, -0.15) is 0 Å². The van der Waals surface area contributed by atoms with E-state index in [0.717, 1.165) is 6.08 Å². The van der Waals surface area contributed by atoms with E-state index >= 15 is 0 Å². The Kier molecular flexibility index (Phi) is 9.61. The fourth-order valence-corrected chi connectivity index (χ4v) is 3.83. The Morgan fingerprint density at radius 1 is 0.775 bits per heavy atom. The predicted molar refractivity (Wildman–Crippen MR) is 146 cm³/mol. The number of carboxylic acids is 1. The highest BCUT2D eigenvalue weighted by molar-refractivity contribution is 5.91. The standard InChI is InChI=1S/C29H29NO10/c1-2-30-15-20(19-6-9-22(32)24(34)14-19)28(29(38)39)40-27(37)10-7-18-13-26(36)25(35)12-17(18)5-3-16-4-8-21(31)23(33)11-16/h3-14,20,28,30-36H,2,15H2,1H3,(H,38,39). The van der Waals surface area contributed by atoms with E-state index in [1.54, 1.807) is 13.0 Å². The molecule has 8 N–H and O–H groups in total. The van der Waals surface area contributed by atoms with E-state index in [0.29, 0.717) is 23.2 Å². The molecular weight excluding hydrogens is 522 g/mol. The first kappa shape index (κ1) is 29.4. The predicted octanol–water partition coefficient (Wildman–Crippen LogP) is 3.49. The minimum atomic E-state index is -1.66. The van der Waals surface area contributed by atoms with Gasteiger partial charge in [-0.3, -0.25) is 0 Å². The molecule has 210 valence electrons. The van der Waals surface area contributed by atoms with Crippen molar-refractivity contribution in [1.29, 1.82) is 0 Å². The lowest BCUT2D eigenvalue weighted by Gasteiger charge is -2.24. The van der Waals surface area contributed by atoms with Crippen molar-refractivity contribution in [2.75, 3.05) is 13.1 Å². The molecule has 11 nitrogen and oxygen atoms in total. The van der Waals surface area contributed by atoms with E-state index < -0.39 is 41.2 Å². The SMILES string of the molecule is CCNCC(c1ccc(O)c(O)c1)C(OC(=O)C=Cc1cc(O)c(O)cc1C=Cc1ccc(O)c(O)c1)C(=O)O. The molecule has 0 aromatic heterocycles. The first-order valence-electron chi connectivity index (χ1n) is 12.1. The quantitative estimate of drug-likeness (QED) is 0.0751. The number of hydrogen-bond donors (Lipinski definition) is 8. The summed E-state index contributed by atoms with van der Waals surface area (Å²) in [5.74, 6) is -5.72. The number of esters is 1. The third-order valence-corrected chi connectivity index (χ3v) is 5.93. The third-order valence-electron chi connectivity index (χ3n) is 5.93. The van der Waals surface area contributed by atoms with Crippen LogP contribution in [0.1, 0.15) is 35.1 Å². The number of hydrogen-bond acceptors (Lipinski definition) is 10. The van der Waals surface area contributed by atoms with Gasteiger partial charge in [-0.1, -0.05) is 31.2 Å². The number of ether oxygens (including phenoxy) is 1. The van der Waals surface area contributed by atoms with Gasteiger partial charge in [0.15, 0.2) is 34.5 Å². The Balaban J connectivity index is 1.87. The Labute approximate surface area is 229 Å². The molecule has 3 rings (SSSR count). The minimum Gasteiger partial charge on any atom is -0.504 e. The summed E-state index contributed by atoms with van der Waals surface area (Å²) in [4.78, 5) is 24.8. The van der Waals surface area contributed by atoms with Gasteiger partial charge in [0.1, 0.15) is 0 Å². The summed E-state index contributed by atoms with van der Waals surface area (Å²) in [6.07, 6.45) is 3.65. The molecule has 0 aliphatic rings. The molecule has 0 fully saturated rings. The van der Waals surface area contributed by atoms with Crippen LogP contribution >= 0.6 is 0 Å². The number of aliphatic carboxylic acids is 1. The summed E-state index contributed by atoms with van der Waals surface area (Å²) in [5.41, 5.74) is 1.45. The Morgan fingerprint density at radius 2 is 1.35 bits per heavy atom. The normalized spacial score (nSPS) is 12.9. The number of carbonyl (C=O) groups is 2. The molecule has 0 spiro atoms. The number of rotatable bonds is 11. The van der Waals surface area contributed by atoms with Gasteiger partial charge in [-0.15, -0.1) is 0 Å².